The second-order valence-electron chi connectivity index (χ2n) is 4.05. The van der Waals surface area contributed by atoms with Crippen molar-refractivity contribution in [2.24, 2.45) is 23.7 Å². The quantitative estimate of drug-likeness (QED) is 0.553. The van der Waals surface area contributed by atoms with Gasteiger partial charge in [0, 0.05) is 0 Å². The van der Waals surface area contributed by atoms with E-state index in [1.165, 1.54) is 6.42 Å². The highest BCUT2D eigenvalue weighted by molar-refractivity contribution is 4.89. The van der Waals surface area contributed by atoms with Gasteiger partial charge in [-0.1, -0.05) is 35.1 Å². The van der Waals surface area contributed by atoms with Crippen LogP contribution in [-0.2, 0) is 0 Å². The smallest absolute Gasteiger partial charge is 0.0357 e. The van der Waals surface area contributed by atoms with E-state index in [2.05, 4.69) is 27.7 Å². The highest BCUT2D eigenvalue weighted by Crippen LogP contribution is 2.48. The van der Waals surface area contributed by atoms with Gasteiger partial charge in [-0.2, -0.15) is 0 Å². The van der Waals surface area contributed by atoms with Crippen LogP contribution in [0.3, 0.4) is 0 Å². The van der Waals surface area contributed by atoms with Crippen molar-refractivity contribution in [1.82, 2.24) is 0 Å². The fourth-order valence-corrected chi connectivity index (χ4v) is 1.77. The van der Waals surface area contributed by atoms with Crippen LogP contribution in [0, 0.1) is 23.7 Å². The van der Waals surface area contributed by atoms with Gasteiger partial charge in [0.2, 0.25) is 0 Å². The Labute approximate surface area is 66.0 Å². The molecular formula is C10H22. The van der Waals surface area contributed by atoms with Crippen molar-refractivity contribution in [3.63, 3.8) is 0 Å². The average molecular weight is 142 g/mol. The van der Waals surface area contributed by atoms with Gasteiger partial charge in [0.25, 0.3) is 0 Å². The molecule has 0 aromatic rings. The summed E-state index contributed by atoms with van der Waals surface area (Å²) in [6, 6.07) is 0. The molecule has 0 aliphatic heterocycles. The molecule has 1 saturated carbocycles. The fraction of sp³-hybridized carbons (Fsp3) is 1.00. The summed E-state index contributed by atoms with van der Waals surface area (Å²) in [5.74, 6) is 3.98. The molecule has 0 saturated heterocycles. The first-order chi connectivity index (χ1) is 4.13. The molecule has 1 aliphatic rings. The van der Waals surface area contributed by atoms with E-state index in [4.69, 9.17) is 0 Å². The van der Waals surface area contributed by atoms with Crippen molar-refractivity contribution < 1.29 is 0 Å². The normalized spacial score (nSPS) is 30.6. The van der Waals surface area contributed by atoms with Crippen molar-refractivity contribution in [3.8, 4) is 0 Å². The molecule has 0 bridgehead atoms. The van der Waals surface area contributed by atoms with E-state index in [1.54, 1.807) is 0 Å². The number of hydrogen-bond donors (Lipinski definition) is 0. The summed E-state index contributed by atoms with van der Waals surface area (Å²) in [6.45, 7) is 9.36. The summed E-state index contributed by atoms with van der Waals surface area (Å²) < 4.78 is 0. The Hall–Kier alpha value is 0. The van der Waals surface area contributed by atoms with Crippen molar-refractivity contribution in [2.75, 3.05) is 0 Å². The monoisotopic (exact) mass is 142 g/mol. The number of hydrogen-bond acceptors (Lipinski definition) is 0. The third kappa shape index (κ3) is 2.00. The lowest BCUT2D eigenvalue weighted by Gasteiger charge is -2.04. The van der Waals surface area contributed by atoms with Crippen LogP contribution >= 0.6 is 0 Å². The minimum atomic E-state index is 0. The SMILES string of the molecule is C.CC(C)C1CC1C(C)C. The number of rotatable bonds is 2. The molecule has 0 spiro atoms. The van der Waals surface area contributed by atoms with E-state index in [0.29, 0.717) is 0 Å². The van der Waals surface area contributed by atoms with Crippen molar-refractivity contribution in [3.05, 3.63) is 0 Å². The molecule has 1 fully saturated rings. The summed E-state index contributed by atoms with van der Waals surface area (Å²) in [4.78, 5) is 0. The fourth-order valence-electron chi connectivity index (χ4n) is 1.77. The van der Waals surface area contributed by atoms with Crippen molar-refractivity contribution in [1.29, 1.82) is 0 Å². The van der Waals surface area contributed by atoms with Crippen LogP contribution in [0.5, 0.6) is 0 Å². The lowest BCUT2D eigenvalue weighted by atomic mass is 10.0. The molecule has 0 nitrogen and oxygen atoms in total. The zero-order valence-electron chi connectivity index (χ0n) is 7.02. The predicted molar refractivity (Wildman–Crippen MR) is 48.0 cm³/mol. The Morgan fingerprint density at radius 1 is 0.900 bits per heavy atom. The van der Waals surface area contributed by atoms with E-state index in [-0.39, 0.29) is 7.43 Å². The minimum Gasteiger partial charge on any atom is -0.0776 e. The van der Waals surface area contributed by atoms with E-state index in [0.717, 1.165) is 23.7 Å². The van der Waals surface area contributed by atoms with Gasteiger partial charge in [-0.3, -0.25) is 0 Å². The van der Waals surface area contributed by atoms with E-state index >= 15 is 0 Å². The molecule has 0 aromatic heterocycles. The van der Waals surface area contributed by atoms with Gasteiger partial charge in [0.1, 0.15) is 0 Å². The van der Waals surface area contributed by atoms with Gasteiger partial charge in [-0.15, -0.1) is 0 Å². The molecule has 62 valence electrons. The topological polar surface area (TPSA) is 0 Å². The minimum absolute atomic E-state index is 0. The van der Waals surface area contributed by atoms with Crippen LogP contribution in [0.2, 0.25) is 0 Å². The average Bonchev–Trinajstić information content (AvgIpc) is 2.39. The second kappa shape index (κ2) is 3.41. The zero-order valence-corrected chi connectivity index (χ0v) is 7.02. The molecule has 0 heteroatoms. The molecule has 1 rings (SSSR count). The predicted octanol–water partition coefficient (Wildman–Crippen LogP) is 3.57. The molecule has 10 heavy (non-hydrogen) atoms. The highest BCUT2D eigenvalue weighted by Gasteiger charge is 2.40. The largest absolute Gasteiger partial charge is 0.0776 e. The molecular weight excluding hydrogens is 120 g/mol. The van der Waals surface area contributed by atoms with Crippen LogP contribution < -0.4 is 0 Å². The second-order valence-corrected chi connectivity index (χ2v) is 4.05. The van der Waals surface area contributed by atoms with Gasteiger partial charge in [-0.05, 0) is 30.1 Å². The van der Waals surface area contributed by atoms with Gasteiger partial charge in [0.05, 0.1) is 0 Å². The van der Waals surface area contributed by atoms with Crippen molar-refractivity contribution in [2.45, 2.75) is 41.5 Å². The summed E-state index contributed by atoms with van der Waals surface area (Å²) in [6.07, 6.45) is 1.50. The van der Waals surface area contributed by atoms with Gasteiger partial charge < -0.3 is 0 Å². The molecule has 2 unspecified atom stereocenters. The third-order valence-corrected chi connectivity index (χ3v) is 2.60. The van der Waals surface area contributed by atoms with Gasteiger partial charge in [0.15, 0.2) is 0 Å². The van der Waals surface area contributed by atoms with Gasteiger partial charge >= 0.3 is 0 Å². The molecule has 0 aromatic carbocycles. The molecule has 0 heterocycles. The van der Waals surface area contributed by atoms with E-state index in [9.17, 15) is 0 Å². The Morgan fingerprint density at radius 2 is 1.20 bits per heavy atom. The maximum absolute atomic E-state index is 2.34. The van der Waals surface area contributed by atoms with Crippen LogP contribution in [0.4, 0.5) is 0 Å². The standard InChI is InChI=1S/C9H18.CH4/c1-6(2)8-5-9(8)7(3)4;/h6-9H,5H2,1-4H3;1H4. The molecule has 2 atom stereocenters. The van der Waals surface area contributed by atoms with Crippen LogP contribution in [0.25, 0.3) is 0 Å². The first-order valence-corrected chi connectivity index (χ1v) is 4.13. The summed E-state index contributed by atoms with van der Waals surface area (Å²) in [5.41, 5.74) is 0. The summed E-state index contributed by atoms with van der Waals surface area (Å²) in [5, 5.41) is 0. The maximum atomic E-state index is 2.34. The van der Waals surface area contributed by atoms with Gasteiger partial charge in [-0.25, -0.2) is 0 Å². The third-order valence-electron chi connectivity index (χ3n) is 2.60. The Balaban J connectivity index is 0.000000810. The first kappa shape index (κ1) is 10.0. The summed E-state index contributed by atoms with van der Waals surface area (Å²) >= 11 is 0. The Bertz CT molecular complexity index is 80.2. The highest BCUT2D eigenvalue weighted by atomic mass is 14.5. The molecule has 0 N–H and O–H groups in total. The van der Waals surface area contributed by atoms with Crippen LogP contribution in [0.15, 0.2) is 0 Å². The summed E-state index contributed by atoms with van der Waals surface area (Å²) in [7, 11) is 0. The maximum Gasteiger partial charge on any atom is -0.0357 e. The first-order valence-electron chi connectivity index (χ1n) is 4.13. The molecule has 1 aliphatic carbocycles. The van der Waals surface area contributed by atoms with Crippen LogP contribution in [-0.4, -0.2) is 0 Å². The van der Waals surface area contributed by atoms with E-state index < -0.39 is 0 Å². The molecule has 0 amide bonds. The zero-order chi connectivity index (χ0) is 7.02. The van der Waals surface area contributed by atoms with Crippen molar-refractivity contribution >= 4 is 0 Å². The van der Waals surface area contributed by atoms with Crippen LogP contribution in [0.1, 0.15) is 41.5 Å². The lowest BCUT2D eigenvalue weighted by Crippen LogP contribution is -1.97. The Morgan fingerprint density at radius 3 is 1.30 bits per heavy atom. The Kier molecular flexibility index (Phi) is 3.41. The molecule has 0 radical (unpaired) electrons. The van der Waals surface area contributed by atoms with E-state index in [1.807, 2.05) is 0 Å². The lowest BCUT2D eigenvalue weighted by molar-refractivity contribution is 0.448.